The Morgan fingerprint density at radius 1 is 0.538 bits per heavy atom. The summed E-state index contributed by atoms with van der Waals surface area (Å²) in [6, 6.07) is 24.4. The number of ether oxygens (including phenoxy) is 2. The summed E-state index contributed by atoms with van der Waals surface area (Å²) in [6.07, 6.45) is 8.22. The molecule has 0 unspecified atom stereocenters. The number of rotatable bonds is 6. The molecule has 0 aromatic heterocycles. The molecule has 0 aliphatic rings. The maximum atomic E-state index is 5.59. The minimum atomic E-state index is 0.811. The van der Waals surface area contributed by atoms with Crippen molar-refractivity contribution in [2.75, 3.05) is 14.2 Å². The Labute approximate surface area is 155 Å². The molecule has 3 aromatic rings. The second-order valence-electron chi connectivity index (χ2n) is 5.82. The van der Waals surface area contributed by atoms with Gasteiger partial charge < -0.3 is 9.47 Å². The van der Waals surface area contributed by atoms with E-state index < -0.39 is 0 Å². The molecule has 2 nitrogen and oxygen atoms in total. The van der Waals surface area contributed by atoms with Crippen molar-refractivity contribution in [1.29, 1.82) is 0 Å². The third-order valence-electron chi connectivity index (χ3n) is 4.09. The van der Waals surface area contributed by atoms with E-state index in [-0.39, 0.29) is 0 Å². The summed E-state index contributed by atoms with van der Waals surface area (Å²) in [5, 5.41) is 0. The van der Waals surface area contributed by atoms with Gasteiger partial charge in [-0.2, -0.15) is 0 Å². The molecule has 0 aliphatic heterocycles. The Hall–Kier alpha value is -3.26. The summed E-state index contributed by atoms with van der Waals surface area (Å²) in [4.78, 5) is 0. The lowest BCUT2D eigenvalue weighted by molar-refractivity contribution is 0.401. The topological polar surface area (TPSA) is 18.5 Å². The first-order valence-corrected chi connectivity index (χ1v) is 8.52. The van der Waals surface area contributed by atoms with Gasteiger partial charge in [0.2, 0.25) is 0 Å². The van der Waals surface area contributed by atoms with E-state index in [1.807, 2.05) is 60.7 Å². The molecule has 0 bridgehead atoms. The van der Waals surface area contributed by atoms with Crippen molar-refractivity contribution in [3.8, 4) is 11.5 Å². The zero-order valence-corrected chi connectivity index (χ0v) is 15.1. The van der Waals surface area contributed by atoms with Crippen molar-refractivity contribution in [3.63, 3.8) is 0 Å². The third-order valence-corrected chi connectivity index (χ3v) is 4.09. The van der Waals surface area contributed by atoms with Crippen LogP contribution < -0.4 is 9.47 Å². The van der Waals surface area contributed by atoms with E-state index in [1.165, 1.54) is 0 Å². The van der Waals surface area contributed by atoms with Crippen LogP contribution in [0.15, 0.2) is 72.8 Å². The number of benzene rings is 3. The number of methoxy groups -OCH3 is 2. The van der Waals surface area contributed by atoms with Gasteiger partial charge in [-0.15, -0.1) is 0 Å². The second-order valence-corrected chi connectivity index (χ2v) is 5.82. The summed E-state index contributed by atoms with van der Waals surface area (Å²) in [7, 11) is 3.37. The summed E-state index contributed by atoms with van der Waals surface area (Å²) >= 11 is 0. The molecule has 0 spiro atoms. The van der Waals surface area contributed by atoms with Crippen molar-refractivity contribution in [2.24, 2.45) is 0 Å². The molecule has 0 N–H and O–H groups in total. The predicted molar refractivity (Wildman–Crippen MR) is 110 cm³/mol. The van der Waals surface area contributed by atoms with Crippen LogP contribution in [0.4, 0.5) is 0 Å². The molecule has 0 heterocycles. The summed E-state index contributed by atoms with van der Waals surface area (Å²) in [5.41, 5.74) is 4.23. The van der Waals surface area contributed by atoms with Crippen LogP contribution in [0.2, 0.25) is 0 Å². The average Bonchev–Trinajstić information content (AvgIpc) is 2.72. The van der Waals surface area contributed by atoms with Gasteiger partial charge in [0.15, 0.2) is 0 Å². The maximum Gasteiger partial charge on any atom is 0.126 e. The molecule has 0 saturated heterocycles. The van der Waals surface area contributed by atoms with Crippen LogP contribution in [0.25, 0.3) is 24.3 Å². The summed E-state index contributed by atoms with van der Waals surface area (Å²) < 4.78 is 11.2. The van der Waals surface area contributed by atoms with Crippen LogP contribution in [0.3, 0.4) is 0 Å². The molecule has 0 amide bonds. The standard InChI is InChI=1S/C24H22O2/c1-25-23-17-22(16-14-20-11-7-4-8-12-20)24(26-2)18-21(23)15-13-19-9-5-3-6-10-19/h3-18H,1-2H3/b15-13+,16-14+. The molecule has 3 aromatic carbocycles. The Morgan fingerprint density at radius 2 is 0.923 bits per heavy atom. The summed E-state index contributed by atoms with van der Waals surface area (Å²) in [6.45, 7) is 0. The van der Waals surface area contributed by atoms with Gasteiger partial charge in [0, 0.05) is 11.1 Å². The van der Waals surface area contributed by atoms with E-state index >= 15 is 0 Å². The Kier molecular flexibility index (Phi) is 5.89. The van der Waals surface area contributed by atoms with Gasteiger partial charge in [-0.05, 0) is 23.3 Å². The van der Waals surface area contributed by atoms with E-state index in [1.54, 1.807) is 14.2 Å². The maximum absolute atomic E-state index is 5.59. The predicted octanol–water partition coefficient (Wildman–Crippen LogP) is 6.04. The lowest BCUT2D eigenvalue weighted by Gasteiger charge is -2.11. The van der Waals surface area contributed by atoms with E-state index in [2.05, 4.69) is 36.4 Å². The highest BCUT2D eigenvalue weighted by Gasteiger charge is 2.08. The lowest BCUT2D eigenvalue weighted by atomic mass is 10.1. The highest BCUT2D eigenvalue weighted by atomic mass is 16.5. The Morgan fingerprint density at radius 3 is 1.27 bits per heavy atom. The minimum Gasteiger partial charge on any atom is -0.496 e. The molecule has 3 rings (SSSR count). The Balaban J connectivity index is 1.93. The number of hydrogen-bond acceptors (Lipinski definition) is 2. The first kappa shape index (κ1) is 17.6. The first-order chi connectivity index (χ1) is 12.8. The van der Waals surface area contributed by atoms with E-state index in [0.717, 1.165) is 33.8 Å². The fraction of sp³-hybridized carbons (Fsp3) is 0.0833. The minimum absolute atomic E-state index is 0.811. The molecule has 0 aliphatic carbocycles. The molecule has 2 heteroatoms. The quantitative estimate of drug-likeness (QED) is 0.508. The molecular formula is C24H22O2. The van der Waals surface area contributed by atoms with Crippen LogP contribution >= 0.6 is 0 Å². The molecular weight excluding hydrogens is 320 g/mol. The van der Waals surface area contributed by atoms with Gasteiger partial charge in [-0.25, -0.2) is 0 Å². The molecule has 0 saturated carbocycles. The largest absolute Gasteiger partial charge is 0.496 e. The first-order valence-electron chi connectivity index (χ1n) is 8.52. The normalized spacial score (nSPS) is 11.2. The van der Waals surface area contributed by atoms with Crippen molar-refractivity contribution in [1.82, 2.24) is 0 Å². The number of hydrogen-bond donors (Lipinski definition) is 0. The van der Waals surface area contributed by atoms with Crippen LogP contribution in [0, 0.1) is 0 Å². The van der Waals surface area contributed by atoms with Crippen molar-refractivity contribution in [3.05, 3.63) is 95.1 Å². The van der Waals surface area contributed by atoms with Crippen LogP contribution in [-0.4, -0.2) is 14.2 Å². The second kappa shape index (κ2) is 8.72. The van der Waals surface area contributed by atoms with E-state index in [4.69, 9.17) is 9.47 Å². The van der Waals surface area contributed by atoms with Crippen molar-refractivity contribution >= 4 is 24.3 Å². The van der Waals surface area contributed by atoms with Gasteiger partial charge >= 0.3 is 0 Å². The van der Waals surface area contributed by atoms with Gasteiger partial charge in [0.05, 0.1) is 14.2 Å². The van der Waals surface area contributed by atoms with Crippen molar-refractivity contribution in [2.45, 2.75) is 0 Å². The van der Waals surface area contributed by atoms with Crippen LogP contribution in [0.5, 0.6) is 11.5 Å². The average molecular weight is 342 g/mol. The highest BCUT2D eigenvalue weighted by Crippen LogP contribution is 2.31. The highest BCUT2D eigenvalue weighted by molar-refractivity contribution is 5.78. The molecule has 130 valence electrons. The molecule has 0 atom stereocenters. The van der Waals surface area contributed by atoms with Crippen LogP contribution in [0.1, 0.15) is 22.3 Å². The van der Waals surface area contributed by atoms with Crippen molar-refractivity contribution < 1.29 is 9.47 Å². The van der Waals surface area contributed by atoms with Gasteiger partial charge in [0.25, 0.3) is 0 Å². The fourth-order valence-electron chi connectivity index (χ4n) is 2.71. The van der Waals surface area contributed by atoms with Gasteiger partial charge in [-0.1, -0.05) is 85.0 Å². The van der Waals surface area contributed by atoms with Gasteiger partial charge in [-0.3, -0.25) is 0 Å². The van der Waals surface area contributed by atoms with E-state index in [9.17, 15) is 0 Å². The summed E-state index contributed by atoms with van der Waals surface area (Å²) in [5.74, 6) is 1.62. The monoisotopic (exact) mass is 342 g/mol. The molecule has 0 fully saturated rings. The zero-order valence-electron chi connectivity index (χ0n) is 15.1. The van der Waals surface area contributed by atoms with Crippen LogP contribution in [-0.2, 0) is 0 Å². The zero-order chi connectivity index (χ0) is 18.2. The van der Waals surface area contributed by atoms with Gasteiger partial charge in [0.1, 0.15) is 11.5 Å². The third kappa shape index (κ3) is 4.42. The Bertz CT molecular complexity index is 817. The fourth-order valence-corrected chi connectivity index (χ4v) is 2.71. The molecule has 0 radical (unpaired) electrons. The SMILES string of the molecule is COc1cc(/C=C/c2ccccc2)c(OC)cc1/C=C/c1ccccc1. The lowest BCUT2D eigenvalue weighted by Crippen LogP contribution is -1.93. The molecule has 26 heavy (non-hydrogen) atoms. The smallest absolute Gasteiger partial charge is 0.126 e. The van der Waals surface area contributed by atoms with E-state index in [0.29, 0.717) is 0 Å².